The van der Waals surface area contributed by atoms with E-state index in [-0.39, 0.29) is 18.2 Å². The number of carboxylic acid groups (broad SMARTS) is 1. The Hall–Kier alpha value is -1.34. The van der Waals surface area contributed by atoms with Gasteiger partial charge in [-0.25, -0.2) is 9.59 Å². The molecule has 1 aliphatic carbocycles. The van der Waals surface area contributed by atoms with E-state index in [0.29, 0.717) is 19.7 Å². The van der Waals surface area contributed by atoms with Gasteiger partial charge in [0.1, 0.15) is 0 Å². The number of nitrogens with zero attached hydrogens (tertiary/aromatic N) is 2. The Labute approximate surface area is 118 Å². The van der Waals surface area contributed by atoms with Crippen molar-refractivity contribution in [3.8, 4) is 0 Å². The van der Waals surface area contributed by atoms with E-state index < -0.39 is 12.0 Å². The fraction of sp³-hybridized carbons (Fsp3) is 0.846. The van der Waals surface area contributed by atoms with Crippen molar-refractivity contribution in [2.75, 3.05) is 40.4 Å². The maximum Gasteiger partial charge on any atom is 0.328 e. The highest BCUT2D eigenvalue weighted by Gasteiger charge is 2.40. The summed E-state index contributed by atoms with van der Waals surface area (Å²) in [6, 6.07) is -1.20. The molecule has 1 saturated heterocycles. The number of likely N-dealkylation sites (N-methyl/N-ethyl adjacent to an activating group) is 1. The van der Waals surface area contributed by atoms with E-state index >= 15 is 0 Å². The molecule has 20 heavy (non-hydrogen) atoms. The number of nitrogens with one attached hydrogen (secondary N) is 1. The molecule has 1 unspecified atom stereocenters. The van der Waals surface area contributed by atoms with Crippen LogP contribution in [0.3, 0.4) is 0 Å². The van der Waals surface area contributed by atoms with Gasteiger partial charge in [-0.15, -0.1) is 0 Å². The monoisotopic (exact) mass is 285 g/mol. The lowest BCUT2D eigenvalue weighted by atomic mass is 9.75. The average molecular weight is 285 g/mol. The first-order valence-corrected chi connectivity index (χ1v) is 6.99. The van der Waals surface area contributed by atoms with Crippen LogP contribution in [0.2, 0.25) is 0 Å². The molecule has 1 atom stereocenters. The second kappa shape index (κ2) is 5.97. The highest BCUT2D eigenvalue weighted by atomic mass is 16.5. The van der Waals surface area contributed by atoms with Gasteiger partial charge >= 0.3 is 12.0 Å². The lowest BCUT2D eigenvalue weighted by Crippen LogP contribution is -2.61. The van der Waals surface area contributed by atoms with Crippen LogP contribution in [0.15, 0.2) is 0 Å². The van der Waals surface area contributed by atoms with Gasteiger partial charge in [0.2, 0.25) is 0 Å². The van der Waals surface area contributed by atoms with E-state index in [1.54, 1.807) is 0 Å². The molecule has 114 valence electrons. The number of urea groups is 1. The molecular weight excluding hydrogens is 262 g/mol. The minimum atomic E-state index is -1.02. The summed E-state index contributed by atoms with van der Waals surface area (Å²) in [6.45, 7) is 1.32. The maximum absolute atomic E-state index is 12.2. The quantitative estimate of drug-likeness (QED) is 0.758. The van der Waals surface area contributed by atoms with E-state index in [2.05, 4.69) is 10.2 Å². The van der Waals surface area contributed by atoms with Crippen LogP contribution in [-0.4, -0.2) is 78.9 Å². The molecule has 7 nitrogen and oxygen atoms in total. The second-order valence-electron chi connectivity index (χ2n) is 5.75. The van der Waals surface area contributed by atoms with Crippen molar-refractivity contribution in [2.45, 2.75) is 30.8 Å². The Bertz CT molecular complexity index is 382. The maximum atomic E-state index is 12.2. The zero-order chi connectivity index (χ0) is 14.8. The fourth-order valence-corrected chi connectivity index (χ4v) is 2.76. The molecule has 0 bridgehead atoms. The van der Waals surface area contributed by atoms with Crippen LogP contribution < -0.4 is 5.32 Å². The molecule has 0 aromatic rings. The Morgan fingerprint density at radius 2 is 2.15 bits per heavy atom. The Morgan fingerprint density at radius 3 is 2.65 bits per heavy atom. The smallest absolute Gasteiger partial charge is 0.328 e. The predicted molar refractivity (Wildman–Crippen MR) is 72.6 cm³/mol. The Kier molecular flexibility index (Phi) is 4.49. The van der Waals surface area contributed by atoms with Crippen LogP contribution in [0.1, 0.15) is 19.3 Å². The summed E-state index contributed by atoms with van der Waals surface area (Å²) >= 11 is 0. The van der Waals surface area contributed by atoms with E-state index in [1.165, 1.54) is 11.3 Å². The molecule has 0 aromatic heterocycles. The van der Waals surface area contributed by atoms with Gasteiger partial charge in [0.05, 0.1) is 13.2 Å². The van der Waals surface area contributed by atoms with Crippen LogP contribution in [0.5, 0.6) is 0 Å². The number of morpholine rings is 1. The largest absolute Gasteiger partial charge is 0.480 e. The fourth-order valence-electron chi connectivity index (χ4n) is 2.76. The lowest BCUT2D eigenvalue weighted by molar-refractivity contribution is -0.147. The van der Waals surface area contributed by atoms with Gasteiger partial charge in [-0.05, 0) is 33.4 Å². The van der Waals surface area contributed by atoms with Gasteiger partial charge in [0.25, 0.3) is 0 Å². The van der Waals surface area contributed by atoms with Crippen molar-refractivity contribution < 1.29 is 19.4 Å². The third kappa shape index (κ3) is 2.88. The van der Waals surface area contributed by atoms with E-state index in [0.717, 1.165) is 12.8 Å². The van der Waals surface area contributed by atoms with Gasteiger partial charge < -0.3 is 25.0 Å². The number of aliphatic carboxylic acids is 1. The van der Waals surface area contributed by atoms with Crippen molar-refractivity contribution in [1.82, 2.24) is 15.1 Å². The summed E-state index contributed by atoms with van der Waals surface area (Å²) < 4.78 is 5.13. The third-order valence-corrected chi connectivity index (χ3v) is 4.48. The van der Waals surface area contributed by atoms with Crippen molar-refractivity contribution in [3.05, 3.63) is 0 Å². The molecule has 1 aliphatic heterocycles. The number of carboxylic acids is 1. The molecule has 2 fully saturated rings. The first-order chi connectivity index (χ1) is 9.46. The number of carbonyl (C=O) groups is 2. The molecule has 0 radical (unpaired) electrons. The van der Waals surface area contributed by atoms with Crippen LogP contribution in [0.25, 0.3) is 0 Å². The topological polar surface area (TPSA) is 82.1 Å². The summed E-state index contributed by atoms with van der Waals surface area (Å²) in [6.07, 6.45) is 3.29. The first kappa shape index (κ1) is 15.1. The highest BCUT2D eigenvalue weighted by molar-refractivity contribution is 5.83. The molecule has 1 heterocycles. The van der Waals surface area contributed by atoms with E-state index in [4.69, 9.17) is 9.84 Å². The van der Waals surface area contributed by atoms with Crippen molar-refractivity contribution in [3.63, 3.8) is 0 Å². The Balaban J connectivity index is 1.92. The summed E-state index contributed by atoms with van der Waals surface area (Å²) in [5.41, 5.74) is 0.0284. The summed E-state index contributed by atoms with van der Waals surface area (Å²) in [4.78, 5) is 26.8. The van der Waals surface area contributed by atoms with E-state index in [9.17, 15) is 9.59 Å². The number of ether oxygens (including phenoxy) is 1. The Morgan fingerprint density at radius 1 is 1.45 bits per heavy atom. The standard InChI is InChI=1S/C13H23N3O4/c1-15(2)13(4-3-5-13)9-14-12(19)16-6-7-20-8-10(16)11(17)18/h10H,3-9H2,1-2H3,(H,14,19)(H,17,18). The summed E-state index contributed by atoms with van der Waals surface area (Å²) in [5.74, 6) is -1.02. The van der Waals surface area contributed by atoms with Crippen molar-refractivity contribution >= 4 is 12.0 Å². The molecule has 2 amide bonds. The molecule has 2 N–H and O–H groups in total. The van der Waals surface area contributed by atoms with Gasteiger partial charge in [-0.1, -0.05) is 0 Å². The van der Waals surface area contributed by atoms with Crippen LogP contribution in [0, 0.1) is 0 Å². The molecule has 0 spiro atoms. The van der Waals surface area contributed by atoms with Gasteiger partial charge in [0, 0.05) is 18.6 Å². The molecular formula is C13H23N3O4. The number of rotatable bonds is 4. The zero-order valence-corrected chi connectivity index (χ0v) is 12.1. The highest BCUT2D eigenvalue weighted by Crippen LogP contribution is 2.35. The first-order valence-electron chi connectivity index (χ1n) is 6.99. The van der Waals surface area contributed by atoms with E-state index in [1.807, 2.05) is 14.1 Å². The molecule has 2 aliphatic rings. The second-order valence-corrected chi connectivity index (χ2v) is 5.75. The normalized spacial score (nSPS) is 25.1. The molecule has 0 aromatic carbocycles. The van der Waals surface area contributed by atoms with Crippen LogP contribution in [0.4, 0.5) is 4.79 Å². The summed E-state index contributed by atoms with van der Waals surface area (Å²) in [5, 5.41) is 12.0. The van der Waals surface area contributed by atoms with Gasteiger partial charge in [0.15, 0.2) is 6.04 Å². The number of hydrogen-bond donors (Lipinski definition) is 2. The van der Waals surface area contributed by atoms with Gasteiger partial charge in [-0.2, -0.15) is 0 Å². The average Bonchev–Trinajstić information content (AvgIpc) is 2.36. The molecule has 1 saturated carbocycles. The summed E-state index contributed by atoms with van der Waals surface area (Å²) in [7, 11) is 4.03. The van der Waals surface area contributed by atoms with Gasteiger partial charge in [-0.3, -0.25) is 0 Å². The number of carbonyl (C=O) groups excluding carboxylic acids is 1. The minimum absolute atomic E-state index is 0.0284. The third-order valence-electron chi connectivity index (χ3n) is 4.48. The molecule has 2 rings (SSSR count). The van der Waals surface area contributed by atoms with Crippen LogP contribution in [-0.2, 0) is 9.53 Å². The van der Waals surface area contributed by atoms with Crippen molar-refractivity contribution in [2.24, 2.45) is 0 Å². The zero-order valence-electron chi connectivity index (χ0n) is 12.1. The number of amides is 2. The minimum Gasteiger partial charge on any atom is -0.480 e. The lowest BCUT2D eigenvalue weighted by Gasteiger charge is -2.47. The predicted octanol–water partition coefficient (Wildman–Crippen LogP) is -0.0343. The number of hydrogen-bond acceptors (Lipinski definition) is 4. The SMILES string of the molecule is CN(C)C1(CNC(=O)N2CCOCC2C(=O)O)CCC1. The molecule has 7 heteroatoms. The van der Waals surface area contributed by atoms with Crippen molar-refractivity contribution in [1.29, 1.82) is 0 Å². The van der Waals surface area contributed by atoms with Crippen LogP contribution >= 0.6 is 0 Å².